The van der Waals surface area contributed by atoms with Crippen LogP contribution in [0.5, 0.6) is 0 Å². The van der Waals surface area contributed by atoms with E-state index in [1.165, 1.54) is 12.1 Å². The number of aliphatic hydroxyl groups excluding tert-OH is 1. The molecule has 0 spiro atoms. The molecule has 0 heterocycles. The van der Waals surface area contributed by atoms with E-state index < -0.39 is 11.7 Å². The minimum absolute atomic E-state index is 0.0644. The Bertz CT molecular complexity index is 597. The Morgan fingerprint density at radius 3 is 2.53 bits per heavy atom. The summed E-state index contributed by atoms with van der Waals surface area (Å²) in [5, 5.41) is 11.5. The molecule has 0 aliphatic heterocycles. The van der Waals surface area contributed by atoms with Crippen LogP contribution in [0.4, 0.5) is 15.8 Å². The molecule has 4 N–H and O–H groups in total. The molecule has 2 aromatic carbocycles. The van der Waals surface area contributed by atoms with Crippen molar-refractivity contribution in [2.45, 2.75) is 6.61 Å². The van der Waals surface area contributed by atoms with E-state index in [1.54, 1.807) is 24.3 Å². The zero-order valence-electron chi connectivity index (χ0n) is 10.1. The molecule has 0 saturated heterocycles. The van der Waals surface area contributed by atoms with E-state index in [0.717, 1.165) is 11.6 Å². The summed E-state index contributed by atoms with van der Waals surface area (Å²) in [6, 6.07) is 10.3. The first kappa shape index (κ1) is 13.0. The monoisotopic (exact) mass is 260 g/mol. The van der Waals surface area contributed by atoms with Crippen LogP contribution in [-0.4, -0.2) is 11.0 Å². The van der Waals surface area contributed by atoms with Crippen LogP contribution in [0.1, 0.15) is 15.9 Å². The highest BCUT2D eigenvalue weighted by Gasteiger charge is 2.11. The first-order chi connectivity index (χ1) is 9.10. The number of hydrogen-bond acceptors (Lipinski definition) is 3. The van der Waals surface area contributed by atoms with E-state index >= 15 is 0 Å². The second-order valence-electron chi connectivity index (χ2n) is 4.04. The lowest BCUT2D eigenvalue weighted by Crippen LogP contribution is -2.14. The molecule has 1 amide bonds. The topological polar surface area (TPSA) is 75.4 Å². The molecular formula is C14H13FN2O2. The van der Waals surface area contributed by atoms with Gasteiger partial charge >= 0.3 is 0 Å². The van der Waals surface area contributed by atoms with Gasteiger partial charge in [-0.3, -0.25) is 4.79 Å². The fourth-order valence-electron chi connectivity index (χ4n) is 1.62. The van der Waals surface area contributed by atoms with E-state index in [4.69, 9.17) is 10.8 Å². The van der Waals surface area contributed by atoms with E-state index in [0.29, 0.717) is 5.69 Å². The zero-order chi connectivity index (χ0) is 13.8. The van der Waals surface area contributed by atoms with Gasteiger partial charge in [0.1, 0.15) is 5.82 Å². The van der Waals surface area contributed by atoms with Gasteiger partial charge in [-0.05, 0) is 35.9 Å². The molecule has 0 aromatic heterocycles. The molecule has 2 rings (SSSR count). The van der Waals surface area contributed by atoms with Crippen molar-refractivity contribution in [2.24, 2.45) is 0 Å². The standard InChI is InChI=1S/C14H13FN2O2/c15-10-3-6-13(16)12(7-10)14(19)17-11-4-1-9(8-18)2-5-11/h1-7,18H,8,16H2,(H,17,19). The smallest absolute Gasteiger partial charge is 0.257 e. The minimum atomic E-state index is -0.519. The minimum Gasteiger partial charge on any atom is -0.398 e. The zero-order valence-corrected chi connectivity index (χ0v) is 10.1. The third-order valence-electron chi connectivity index (χ3n) is 2.65. The molecule has 0 radical (unpaired) electrons. The van der Waals surface area contributed by atoms with Crippen molar-refractivity contribution in [2.75, 3.05) is 11.1 Å². The number of rotatable bonds is 3. The highest BCUT2D eigenvalue weighted by atomic mass is 19.1. The van der Waals surface area contributed by atoms with Gasteiger partial charge in [-0.15, -0.1) is 0 Å². The predicted molar refractivity (Wildman–Crippen MR) is 71.1 cm³/mol. The number of aliphatic hydroxyl groups is 1. The summed E-state index contributed by atoms with van der Waals surface area (Å²) in [5.74, 6) is -0.997. The molecule has 98 valence electrons. The van der Waals surface area contributed by atoms with Crippen LogP contribution in [0.3, 0.4) is 0 Å². The number of anilines is 2. The van der Waals surface area contributed by atoms with Crippen molar-refractivity contribution in [1.82, 2.24) is 0 Å². The van der Waals surface area contributed by atoms with Gasteiger partial charge in [-0.25, -0.2) is 4.39 Å². The number of benzene rings is 2. The van der Waals surface area contributed by atoms with Crippen molar-refractivity contribution < 1.29 is 14.3 Å². The molecule has 0 unspecified atom stereocenters. The molecule has 0 saturated carbocycles. The molecule has 0 aliphatic rings. The van der Waals surface area contributed by atoms with Crippen LogP contribution >= 0.6 is 0 Å². The summed E-state index contributed by atoms with van der Waals surface area (Å²) in [4.78, 5) is 11.9. The third kappa shape index (κ3) is 3.08. The lowest BCUT2D eigenvalue weighted by Gasteiger charge is -2.08. The summed E-state index contributed by atoms with van der Waals surface area (Å²) >= 11 is 0. The Labute approximate surface area is 109 Å². The highest BCUT2D eigenvalue weighted by Crippen LogP contribution is 2.16. The van der Waals surface area contributed by atoms with Gasteiger partial charge in [0, 0.05) is 11.4 Å². The van der Waals surface area contributed by atoms with Gasteiger partial charge in [-0.1, -0.05) is 12.1 Å². The number of carbonyl (C=O) groups excluding carboxylic acids is 1. The number of nitrogens with two attached hydrogens (primary N) is 1. The van der Waals surface area contributed by atoms with Gasteiger partial charge in [0.05, 0.1) is 12.2 Å². The van der Waals surface area contributed by atoms with Crippen LogP contribution in [-0.2, 0) is 6.61 Å². The number of amides is 1. The van der Waals surface area contributed by atoms with Gasteiger partial charge in [0.2, 0.25) is 0 Å². The second-order valence-corrected chi connectivity index (χ2v) is 4.04. The van der Waals surface area contributed by atoms with Gasteiger partial charge in [0.25, 0.3) is 5.91 Å². The number of carbonyl (C=O) groups is 1. The third-order valence-corrected chi connectivity index (χ3v) is 2.65. The molecule has 0 fully saturated rings. The number of halogens is 1. The maximum absolute atomic E-state index is 13.1. The first-order valence-corrected chi connectivity index (χ1v) is 5.66. The maximum Gasteiger partial charge on any atom is 0.257 e. The molecule has 0 aliphatic carbocycles. The summed E-state index contributed by atoms with van der Waals surface area (Å²) in [6.45, 7) is -0.0644. The average molecular weight is 260 g/mol. The summed E-state index contributed by atoms with van der Waals surface area (Å²) in [7, 11) is 0. The van der Waals surface area contributed by atoms with Gasteiger partial charge < -0.3 is 16.2 Å². The van der Waals surface area contributed by atoms with Crippen molar-refractivity contribution in [3.8, 4) is 0 Å². The second kappa shape index (κ2) is 5.49. The average Bonchev–Trinajstić information content (AvgIpc) is 2.42. The fourth-order valence-corrected chi connectivity index (χ4v) is 1.62. The SMILES string of the molecule is Nc1ccc(F)cc1C(=O)Nc1ccc(CO)cc1. The highest BCUT2D eigenvalue weighted by molar-refractivity contribution is 6.07. The Morgan fingerprint density at radius 2 is 1.89 bits per heavy atom. The van der Waals surface area contributed by atoms with Crippen molar-refractivity contribution >= 4 is 17.3 Å². The largest absolute Gasteiger partial charge is 0.398 e. The molecule has 2 aromatic rings. The first-order valence-electron chi connectivity index (χ1n) is 5.66. The number of hydrogen-bond donors (Lipinski definition) is 3. The number of nitrogen functional groups attached to an aromatic ring is 1. The van der Waals surface area contributed by atoms with Crippen molar-refractivity contribution in [3.05, 3.63) is 59.4 Å². The lowest BCUT2D eigenvalue weighted by atomic mass is 10.1. The van der Waals surface area contributed by atoms with Crippen LogP contribution in [0.15, 0.2) is 42.5 Å². The van der Waals surface area contributed by atoms with Crippen LogP contribution in [0.2, 0.25) is 0 Å². The van der Waals surface area contributed by atoms with Crippen molar-refractivity contribution in [3.63, 3.8) is 0 Å². The van der Waals surface area contributed by atoms with Crippen molar-refractivity contribution in [1.29, 1.82) is 0 Å². The summed E-state index contributed by atoms with van der Waals surface area (Å²) in [6.07, 6.45) is 0. The van der Waals surface area contributed by atoms with E-state index in [9.17, 15) is 9.18 Å². The van der Waals surface area contributed by atoms with E-state index in [2.05, 4.69) is 5.32 Å². The molecule has 19 heavy (non-hydrogen) atoms. The summed E-state index contributed by atoms with van der Waals surface area (Å²) in [5.41, 5.74) is 7.22. The van der Waals surface area contributed by atoms with Crippen LogP contribution in [0, 0.1) is 5.82 Å². The lowest BCUT2D eigenvalue weighted by molar-refractivity contribution is 0.102. The Balaban J connectivity index is 2.18. The van der Waals surface area contributed by atoms with Crippen LogP contribution < -0.4 is 11.1 Å². The Hall–Kier alpha value is -2.40. The van der Waals surface area contributed by atoms with E-state index in [-0.39, 0.29) is 17.9 Å². The predicted octanol–water partition coefficient (Wildman–Crippen LogP) is 2.15. The molecular weight excluding hydrogens is 247 g/mol. The van der Waals surface area contributed by atoms with Gasteiger partial charge in [-0.2, -0.15) is 0 Å². The Kier molecular flexibility index (Phi) is 3.77. The molecule has 0 bridgehead atoms. The number of nitrogens with one attached hydrogen (secondary N) is 1. The van der Waals surface area contributed by atoms with Gasteiger partial charge in [0.15, 0.2) is 0 Å². The van der Waals surface area contributed by atoms with E-state index in [1.807, 2.05) is 0 Å². The molecule has 0 atom stereocenters. The molecule has 5 heteroatoms. The Morgan fingerprint density at radius 1 is 1.21 bits per heavy atom. The fraction of sp³-hybridized carbons (Fsp3) is 0.0714. The molecule has 4 nitrogen and oxygen atoms in total. The van der Waals surface area contributed by atoms with Crippen LogP contribution in [0.25, 0.3) is 0 Å². The quantitative estimate of drug-likeness (QED) is 0.740. The maximum atomic E-state index is 13.1. The summed E-state index contributed by atoms with van der Waals surface area (Å²) < 4.78 is 13.1. The normalized spacial score (nSPS) is 10.2.